The number of hydrogen-bond acceptors (Lipinski definition) is 4. The first-order valence-corrected chi connectivity index (χ1v) is 7.63. The maximum absolute atomic E-state index is 12.1. The van der Waals surface area contributed by atoms with Gasteiger partial charge in [-0.1, -0.05) is 30.3 Å². The number of hydrogen-bond donors (Lipinski definition) is 2. The highest BCUT2D eigenvalue weighted by atomic mass is 32.1. The largest absolute Gasteiger partial charge is 0.506 e. The fourth-order valence-corrected chi connectivity index (χ4v) is 2.95. The second-order valence-corrected chi connectivity index (χ2v) is 5.80. The van der Waals surface area contributed by atoms with E-state index in [0.29, 0.717) is 5.39 Å². The molecule has 5 heteroatoms. The van der Waals surface area contributed by atoms with Gasteiger partial charge in [0.05, 0.1) is 11.8 Å². The molecule has 0 aliphatic carbocycles. The van der Waals surface area contributed by atoms with E-state index in [0.717, 1.165) is 15.8 Å². The van der Waals surface area contributed by atoms with Crippen molar-refractivity contribution in [3.8, 4) is 5.75 Å². The third-order valence-electron chi connectivity index (χ3n) is 3.39. The van der Waals surface area contributed by atoms with Crippen molar-refractivity contribution in [2.24, 2.45) is 5.10 Å². The molecular weight excluding hydrogens is 296 g/mol. The van der Waals surface area contributed by atoms with Gasteiger partial charge in [-0.3, -0.25) is 4.79 Å². The number of aryl methyl sites for hydroxylation is 1. The zero-order valence-corrected chi connectivity index (χ0v) is 12.7. The number of phenols is 1. The van der Waals surface area contributed by atoms with E-state index < -0.39 is 5.91 Å². The molecule has 0 spiro atoms. The Kier molecular flexibility index (Phi) is 3.89. The molecule has 0 fully saturated rings. The SMILES string of the molecule is Cc1ccsc1/C=N/NC(=O)c1ccc2ccccc2c1O. The molecule has 3 rings (SSSR count). The van der Waals surface area contributed by atoms with Crippen molar-refractivity contribution in [3.05, 3.63) is 63.8 Å². The fraction of sp³-hybridized carbons (Fsp3) is 0.0588. The van der Waals surface area contributed by atoms with Gasteiger partial charge in [-0.05, 0) is 35.4 Å². The van der Waals surface area contributed by atoms with Crippen LogP contribution in [-0.4, -0.2) is 17.2 Å². The minimum Gasteiger partial charge on any atom is -0.506 e. The number of benzene rings is 2. The van der Waals surface area contributed by atoms with E-state index in [2.05, 4.69) is 10.5 Å². The van der Waals surface area contributed by atoms with E-state index in [1.807, 2.05) is 36.6 Å². The quantitative estimate of drug-likeness (QED) is 0.572. The lowest BCUT2D eigenvalue weighted by atomic mass is 10.1. The van der Waals surface area contributed by atoms with E-state index in [1.54, 1.807) is 35.8 Å². The van der Waals surface area contributed by atoms with Crippen LogP contribution in [-0.2, 0) is 0 Å². The summed E-state index contributed by atoms with van der Waals surface area (Å²) in [6.45, 7) is 1.98. The minimum atomic E-state index is -0.436. The van der Waals surface area contributed by atoms with Crippen LogP contribution in [0, 0.1) is 6.92 Å². The lowest BCUT2D eigenvalue weighted by Gasteiger charge is -2.06. The Labute approximate surface area is 131 Å². The molecule has 0 unspecified atom stereocenters. The number of amides is 1. The summed E-state index contributed by atoms with van der Waals surface area (Å²) >= 11 is 1.55. The number of aromatic hydroxyl groups is 1. The molecule has 0 aliphatic heterocycles. The molecule has 1 heterocycles. The van der Waals surface area contributed by atoms with Crippen molar-refractivity contribution in [1.29, 1.82) is 0 Å². The van der Waals surface area contributed by atoms with E-state index in [4.69, 9.17) is 0 Å². The highest BCUT2D eigenvalue weighted by Gasteiger charge is 2.12. The van der Waals surface area contributed by atoms with Crippen molar-refractivity contribution in [1.82, 2.24) is 5.43 Å². The van der Waals surface area contributed by atoms with Crippen molar-refractivity contribution in [3.63, 3.8) is 0 Å². The molecule has 1 amide bonds. The fourth-order valence-electron chi connectivity index (χ4n) is 2.16. The molecule has 0 aliphatic rings. The third kappa shape index (κ3) is 2.71. The first-order valence-electron chi connectivity index (χ1n) is 6.75. The monoisotopic (exact) mass is 310 g/mol. The van der Waals surface area contributed by atoms with E-state index in [9.17, 15) is 9.90 Å². The second kappa shape index (κ2) is 5.99. The van der Waals surface area contributed by atoms with Gasteiger partial charge in [0.15, 0.2) is 0 Å². The van der Waals surface area contributed by atoms with Gasteiger partial charge < -0.3 is 5.11 Å². The maximum Gasteiger partial charge on any atom is 0.275 e. The third-order valence-corrected chi connectivity index (χ3v) is 4.35. The topological polar surface area (TPSA) is 61.7 Å². The minimum absolute atomic E-state index is 0.0295. The van der Waals surface area contributed by atoms with Gasteiger partial charge in [0.2, 0.25) is 0 Å². The molecule has 4 nitrogen and oxygen atoms in total. The van der Waals surface area contributed by atoms with Gasteiger partial charge >= 0.3 is 0 Å². The number of nitrogens with zero attached hydrogens (tertiary/aromatic N) is 1. The van der Waals surface area contributed by atoms with Gasteiger partial charge in [-0.15, -0.1) is 11.3 Å². The van der Waals surface area contributed by atoms with E-state index in [-0.39, 0.29) is 11.3 Å². The molecule has 1 aromatic heterocycles. The van der Waals surface area contributed by atoms with Crippen LogP contribution >= 0.6 is 11.3 Å². The Balaban J connectivity index is 1.82. The molecular formula is C17H14N2O2S. The van der Waals surface area contributed by atoms with Gasteiger partial charge in [-0.2, -0.15) is 5.10 Å². The molecule has 2 aromatic carbocycles. The summed E-state index contributed by atoms with van der Waals surface area (Å²) in [6, 6.07) is 12.8. The van der Waals surface area contributed by atoms with Crippen LogP contribution < -0.4 is 5.43 Å². The number of carbonyl (C=O) groups is 1. The van der Waals surface area contributed by atoms with Crippen molar-refractivity contribution in [2.75, 3.05) is 0 Å². The first-order chi connectivity index (χ1) is 10.7. The Bertz CT molecular complexity index is 868. The predicted octanol–water partition coefficient (Wildman–Crippen LogP) is 3.68. The summed E-state index contributed by atoms with van der Waals surface area (Å²) in [4.78, 5) is 13.1. The summed E-state index contributed by atoms with van der Waals surface area (Å²) in [6.07, 6.45) is 1.61. The molecule has 110 valence electrons. The van der Waals surface area contributed by atoms with Crippen molar-refractivity contribution in [2.45, 2.75) is 6.92 Å². The average molecular weight is 310 g/mol. The van der Waals surface area contributed by atoms with Gasteiger partial charge in [0, 0.05) is 10.3 Å². The standard InChI is InChI=1S/C17H14N2O2S/c1-11-8-9-22-15(11)10-18-19-17(21)14-7-6-12-4-2-3-5-13(12)16(14)20/h2-10,20H,1H3,(H,19,21)/b18-10+. The van der Waals surface area contributed by atoms with Crippen LogP contribution in [0.4, 0.5) is 0 Å². The van der Waals surface area contributed by atoms with E-state index in [1.165, 1.54) is 0 Å². The van der Waals surface area contributed by atoms with Crippen molar-refractivity contribution < 1.29 is 9.90 Å². The van der Waals surface area contributed by atoms with Crippen LogP contribution in [0.1, 0.15) is 20.8 Å². The molecule has 0 radical (unpaired) electrons. The van der Waals surface area contributed by atoms with Crippen LogP contribution in [0.15, 0.2) is 52.9 Å². The zero-order valence-electron chi connectivity index (χ0n) is 11.9. The Morgan fingerprint density at radius 1 is 1.23 bits per heavy atom. The lowest BCUT2D eigenvalue weighted by molar-refractivity contribution is 0.0952. The Hall–Kier alpha value is -2.66. The number of rotatable bonds is 3. The predicted molar refractivity (Wildman–Crippen MR) is 89.7 cm³/mol. The molecule has 0 saturated heterocycles. The highest BCUT2D eigenvalue weighted by molar-refractivity contribution is 7.11. The van der Waals surface area contributed by atoms with Crippen LogP contribution in [0.2, 0.25) is 0 Å². The summed E-state index contributed by atoms with van der Waals surface area (Å²) in [5.41, 5.74) is 3.76. The number of fused-ring (bicyclic) bond motifs is 1. The highest BCUT2D eigenvalue weighted by Crippen LogP contribution is 2.28. The van der Waals surface area contributed by atoms with Crippen molar-refractivity contribution >= 4 is 34.2 Å². The normalized spacial score (nSPS) is 11.1. The molecule has 3 aromatic rings. The molecule has 22 heavy (non-hydrogen) atoms. The van der Waals surface area contributed by atoms with Crippen LogP contribution in [0.25, 0.3) is 10.8 Å². The molecule has 0 bridgehead atoms. The molecule has 2 N–H and O–H groups in total. The Morgan fingerprint density at radius 3 is 2.82 bits per heavy atom. The second-order valence-electron chi connectivity index (χ2n) is 4.85. The number of thiophene rings is 1. The number of nitrogens with one attached hydrogen (secondary N) is 1. The first kappa shape index (κ1) is 14.3. The smallest absolute Gasteiger partial charge is 0.275 e. The van der Waals surface area contributed by atoms with Crippen LogP contribution in [0.3, 0.4) is 0 Å². The number of phenolic OH excluding ortho intramolecular Hbond substituents is 1. The molecule has 0 saturated carbocycles. The maximum atomic E-state index is 12.1. The zero-order chi connectivity index (χ0) is 15.5. The molecule has 0 atom stereocenters. The summed E-state index contributed by atoms with van der Waals surface area (Å²) in [5.74, 6) is -0.466. The number of hydrazone groups is 1. The van der Waals surface area contributed by atoms with Gasteiger partial charge in [-0.25, -0.2) is 5.43 Å². The average Bonchev–Trinajstić information content (AvgIpc) is 2.93. The van der Waals surface area contributed by atoms with Gasteiger partial charge in [0.1, 0.15) is 5.75 Å². The Morgan fingerprint density at radius 2 is 2.05 bits per heavy atom. The lowest BCUT2D eigenvalue weighted by Crippen LogP contribution is -2.17. The number of carbonyl (C=O) groups excluding carboxylic acids is 1. The van der Waals surface area contributed by atoms with Gasteiger partial charge in [0.25, 0.3) is 5.91 Å². The summed E-state index contributed by atoms with van der Waals surface area (Å²) in [7, 11) is 0. The summed E-state index contributed by atoms with van der Waals surface area (Å²) in [5, 5.41) is 17.7. The van der Waals surface area contributed by atoms with Crippen LogP contribution in [0.5, 0.6) is 5.75 Å². The van der Waals surface area contributed by atoms with E-state index >= 15 is 0 Å². The summed E-state index contributed by atoms with van der Waals surface area (Å²) < 4.78 is 0.